The second-order valence-electron chi connectivity index (χ2n) is 3.56. The zero-order valence-corrected chi connectivity index (χ0v) is 9.64. The molecule has 0 aliphatic carbocycles. The van der Waals surface area contributed by atoms with Crippen molar-refractivity contribution < 1.29 is 4.42 Å². The van der Waals surface area contributed by atoms with Crippen LogP contribution in [0.3, 0.4) is 0 Å². The number of benzene rings is 1. The van der Waals surface area contributed by atoms with Crippen molar-refractivity contribution in [1.82, 2.24) is 5.32 Å². The third-order valence-corrected chi connectivity index (χ3v) is 2.91. The van der Waals surface area contributed by atoms with Gasteiger partial charge in [0.2, 0.25) is 0 Å². The predicted octanol–water partition coefficient (Wildman–Crippen LogP) is 3.76. The van der Waals surface area contributed by atoms with E-state index < -0.39 is 0 Å². The van der Waals surface area contributed by atoms with Gasteiger partial charge in [0.1, 0.15) is 5.76 Å². The summed E-state index contributed by atoms with van der Waals surface area (Å²) in [5.74, 6) is 0.947. The molecule has 2 nitrogen and oxygen atoms in total. The van der Waals surface area contributed by atoms with Crippen LogP contribution in [0.25, 0.3) is 11.0 Å². The van der Waals surface area contributed by atoms with Gasteiger partial charge in [0.15, 0.2) is 5.58 Å². The number of para-hydroxylation sites is 1. The zero-order chi connectivity index (χ0) is 10.8. The summed E-state index contributed by atoms with van der Waals surface area (Å²) in [6, 6.07) is 8.10. The number of nitrogens with one attached hydrogen (secondary N) is 1. The molecule has 3 heteroatoms. The van der Waals surface area contributed by atoms with E-state index in [4.69, 9.17) is 16.0 Å². The van der Waals surface area contributed by atoms with Gasteiger partial charge in [-0.3, -0.25) is 0 Å². The van der Waals surface area contributed by atoms with Crippen LogP contribution in [-0.4, -0.2) is 7.05 Å². The Morgan fingerprint density at radius 3 is 2.87 bits per heavy atom. The highest BCUT2D eigenvalue weighted by molar-refractivity contribution is 6.34. The van der Waals surface area contributed by atoms with Crippen molar-refractivity contribution in [2.45, 2.75) is 19.4 Å². The van der Waals surface area contributed by atoms with E-state index in [1.807, 2.05) is 31.3 Å². The van der Waals surface area contributed by atoms with Gasteiger partial charge in [-0.05, 0) is 25.6 Å². The molecule has 1 aromatic heterocycles. The van der Waals surface area contributed by atoms with Gasteiger partial charge in [0.25, 0.3) is 0 Å². The minimum Gasteiger partial charge on any atom is -0.458 e. The lowest BCUT2D eigenvalue weighted by Gasteiger charge is -2.09. The molecule has 0 saturated carbocycles. The number of hydrogen-bond donors (Lipinski definition) is 1. The molecule has 0 radical (unpaired) electrons. The molecule has 1 N–H and O–H groups in total. The molecule has 0 amide bonds. The average Bonchev–Trinajstić information content (AvgIpc) is 2.65. The highest BCUT2D eigenvalue weighted by Crippen LogP contribution is 2.30. The fraction of sp³-hybridized carbons (Fsp3) is 0.333. The van der Waals surface area contributed by atoms with Crippen LogP contribution in [0, 0.1) is 0 Å². The quantitative estimate of drug-likeness (QED) is 0.857. The van der Waals surface area contributed by atoms with E-state index in [9.17, 15) is 0 Å². The van der Waals surface area contributed by atoms with Crippen LogP contribution in [-0.2, 0) is 0 Å². The number of fused-ring (bicyclic) bond motifs is 1. The van der Waals surface area contributed by atoms with E-state index in [-0.39, 0.29) is 6.04 Å². The standard InChI is InChI=1S/C12H14ClNO/c1-3-10(14-2)11-7-8-5-4-6-9(13)12(8)15-11/h4-7,10,14H,3H2,1-2H3. The molecule has 1 heterocycles. The second-order valence-corrected chi connectivity index (χ2v) is 3.96. The normalized spacial score (nSPS) is 13.3. The minimum atomic E-state index is 0.258. The van der Waals surface area contributed by atoms with E-state index in [1.165, 1.54) is 0 Å². The Morgan fingerprint density at radius 2 is 2.27 bits per heavy atom. The van der Waals surface area contributed by atoms with Crippen LogP contribution in [0.2, 0.25) is 5.02 Å². The largest absolute Gasteiger partial charge is 0.458 e. The molecule has 15 heavy (non-hydrogen) atoms. The Morgan fingerprint density at radius 1 is 1.47 bits per heavy atom. The van der Waals surface area contributed by atoms with Gasteiger partial charge >= 0.3 is 0 Å². The van der Waals surface area contributed by atoms with Crippen LogP contribution in [0.4, 0.5) is 0 Å². The lowest BCUT2D eigenvalue weighted by atomic mass is 10.1. The molecule has 2 aromatic rings. The van der Waals surface area contributed by atoms with Crippen molar-refractivity contribution in [3.05, 3.63) is 35.0 Å². The summed E-state index contributed by atoms with van der Waals surface area (Å²) in [5, 5.41) is 4.94. The van der Waals surface area contributed by atoms with E-state index in [2.05, 4.69) is 12.2 Å². The first kappa shape index (κ1) is 10.5. The highest BCUT2D eigenvalue weighted by atomic mass is 35.5. The van der Waals surface area contributed by atoms with E-state index in [0.717, 1.165) is 23.2 Å². The van der Waals surface area contributed by atoms with Crippen molar-refractivity contribution in [1.29, 1.82) is 0 Å². The van der Waals surface area contributed by atoms with Gasteiger partial charge in [0.05, 0.1) is 11.1 Å². The summed E-state index contributed by atoms with van der Waals surface area (Å²) >= 11 is 6.05. The van der Waals surface area contributed by atoms with Crippen molar-refractivity contribution in [3.63, 3.8) is 0 Å². The van der Waals surface area contributed by atoms with Crippen LogP contribution in [0.5, 0.6) is 0 Å². The molecule has 0 aliphatic heterocycles. The molecule has 0 bridgehead atoms. The molecule has 0 aliphatic rings. The van der Waals surface area contributed by atoms with Crippen LogP contribution >= 0.6 is 11.6 Å². The Bertz CT molecular complexity index is 460. The lowest BCUT2D eigenvalue weighted by molar-refractivity contribution is 0.444. The first-order valence-corrected chi connectivity index (χ1v) is 5.49. The van der Waals surface area contributed by atoms with Crippen molar-refractivity contribution in [3.8, 4) is 0 Å². The van der Waals surface area contributed by atoms with Crippen molar-refractivity contribution >= 4 is 22.6 Å². The second kappa shape index (κ2) is 4.25. The molecular weight excluding hydrogens is 210 g/mol. The smallest absolute Gasteiger partial charge is 0.152 e. The van der Waals surface area contributed by atoms with Gasteiger partial charge < -0.3 is 9.73 Å². The average molecular weight is 224 g/mol. The molecule has 1 atom stereocenters. The monoisotopic (exact) mass is 223 g/mol. The van der Waals surface area contributed by atoms with E-state index >= 15 is 0 Å². The summed E-state index contributed by atoms with van der Waals surface area (Å²) in [4.78, 5) is 0. The topological polar surface area (TPSA) is 25.2 Å². The summed E-state index contributed by atoms with van der Waals surface area (Å²) in [7, 11) is 1.93. The number of furan rings is 1. The van der Waals surface area contributed by atoms with E-state index in [1.54, 1.807) is 0 Å². The first-order chi connectivity index (χ1) is 7.26. The fourth-order valence-corrected chi connectivity index (χ4v) is 1.99. The minimum absolute atomic E-state index is 0.258. The first-order valence-electron chi connectivity index (χ1n) is 5.11. The molecule has 0 fully saturated rings. The molecule has 0 spiro atoms. The molecule has 80 valence electrons. The maximum absolute atomic E-state index is 6.05. The van der Waals surface area contributed by atoms with Gasteiger partial charge in [-0.15, -0.1) is 0 Å². The van der Waals surface area contributed by atoms with Gasteiger partial charge in [-0.2, -0.15) is 0 Å². The van der Waals surface area contributed by atoms with Crippen LogP contribution in [0.15, 0.2) is 28.7 Å². The predicted molar refractivity (Wildman–Crippen MR) is 63.3 cm³/mol. The number of hydrogen-bond acceptors (Lipinski definition) is 2. The Labute approximate surface area is 94.2 Å². The molecule has 1 unspecified atom stereocenters. The molecule has 1 aromatic carbocycles. The summed E-state index contributed by atoms with van der Waals surface area (Å²) in [6.45, 7) is 2.12. The maximum Gasteiger partial charge on any atom is 0.152 e. The third-order valence-electron chi connectivity index (χ3n) is 2.62. The lowest BCUT2D eigenvalue weighted by Crippen LogP contribution is -2.14. The molecule has 2 rings (SSSR count). The van der Waals surface area contributed by atoms with Crippen molar-refractivity contribution in [2.75, 3.05) is 7.05 Å². The van der Waals surface area contributed by atoms with Crippen LogP contribution < -0.4 is 5.32 Å². The van der Waals surface area contributed by atoms with Gasteiger partial charge in [0, 0.05) is 5.39 Å². The SMILES string of the molecule is CCC(NC)c1cc2cccc(Cl)c2o1. The Kier molecular flexibility index (Phi) is 2.98. The van der Waals surface area contributed by atoms with Crippen molar-refractivity contribution in [2.24, 2.45) is 0 Å². The molecular formula is C12H14ClNO. The molecule has 0 saturated heterocycles. The maximum atomic E-state index is 6.05. The van der Waals surface area contributed by atoms with E-state index in [0.29, 0.717) is 5.02 Å². The number of rotatable bonds is 3. The third kappa shape index (κ3) is 1.87. The summed E-state index contributed by atoms with van der Waals surface area (Å²) in [5.41, 5.74) is 0.780. The van der Waals surface area contributed by atoms with Crippen LogP contribution in [0.1, 0.15) is 25.1 Å². The summed E-state index contributed by atoms with van der Waals surface area (Å²) < 4.78 is 5.75. The van der Waals surface area contributed by atoms with Gasteiger partial charge in [-0.25, -0.2) is 0 Å². The fourth-order valence-electron chi connectivity index (χ4n) is 1.77. The van der Waals surface area contributed by atoms with Gasteiger partial charge in [-0.1, -0.05) is 30.7 Å². The highest BCUT2D eigenvalue weighted by Gasteiger charge is 2.13. The Hall–Kier alpha value is -0.990. The summed E-state index contributed by atoms with van der Waals surface area (Å²) in [6.07, 6.45) is 0.994. The Balaban J connectivity index is 2.51. The number of halogens is 1. The zero-order valence-electron chi connectivity index (χ0n) is 8.88.